The maximum absolute atomic E-state index is 10.3. The van der Waals surface area contributed by atoms with Gasteiger partial charge in [0.2, 0.25) is 0 Å². The van der Waals surface area contributed by atoms with Crippen LogP contribution in [0.1, 0.15) is 74.2 Å². The summed E-state index contributed by atoms with van der Waals surface area (Å²) < 4.78 is 1.89. The third kappa shape index (κ3) is 4.46. The van der Waals surface area contributed by atoms with Crippen LogP contribution in [0.5, 0.6) is 0 Å². The summed E-state index contributed by atoms with van der Waals surface area (Å²) in [5.41, 5.74) is 3.22. The first-order valence-corrected chi connectivity index (χ1v) is 12.6. The number of β-amino-alcohol motifs (C(OH)–C–C–N with tert-alkyl or cyclic N) is 1. The van der Waals surface area contributed by atoms with E-state index in [0.29, 0.717) is 24.9 Å². The first-order valence-electron chi connectivity index (χ1n) is 11.7. The van der Waals surface area contributed by atoms with Crippen molar-refractivity contribution < 1.29 is 5.11 Å². The molecule has 1 aliphatic heterocycles. The standard InChI is InChI=1S/C23H33N7OS/c1-13(2)17-10-26-30-21(27-14(3)23-28-18(12-32-23)15-4-5-15)8-20(29-22(17)30)25-9-16-6-7-24-11-19(16)31/h8,10,12-16,19,24,27,31H,4-7,9,11H2,1-3H3,(H,25,29)/t14-,16-,19+/m1/s1. The van der Waals surface area contributed by atoms with Gasteiger partial charge in [0, 0.05) is 41.9 Å². The minimum atomic E-state index is -0.329. The molecule has 0 spiro atoms. The number of rotatable bonds is 8. The topological polar surface area (TPSA) is 99.4 Å². The number of nitrogens with one attached hydrogen (secondary N) is 3. The maximum Gasteiger partial charge on any atom is 0.163 e. The van der Waals surface area contributed by atoms with Crippen LogP contribution in [-0.2, 0) is 0 Å². The molecule has 4 heterocycles. The largest absolute Gasteiger partial charge is 0.391 e. The summed E-state index contributed by atoms with van der Waals surface area (Å²) >= 11 is 1.73. The van der Waals surface area contributed by atoms with E-state index in [1.54, 1.807) is 11.3 Å². The second-order valence-corrected chi connectivity index (χ2v) is 10.4. The fourth-order valence-corrected chi connectivity index (χ4v) is 5.21. The summed E-state index contributed by atoms with van der Waals surface area (Å²) in [6, 6.07) is 2.09. The van der Waals surface area contributed by atoms with Crippen LogP contribution >= 0.6 is 11.3 Å². The Labute approximate surface area is 192 Å². The van der Waals surface area contributed by atoms with E-state index in [1.165, 1.54) is 18.5 Å². The van der Waals surface area contributed by atoms with Gasteiger partial charge in [-0.25, -0.2) is 9.97 Å². The monoisotopic (exact) mass is 455 g/mol. The lowest BCUT2D eigenvalue weighted by Crippen LogP contribution is -2.43. The smallest absolute Gasteiger partial charge is 0.163 e. The number of piperidine rings is 1. The van der Waals surface area contributed by atoms with Gasteiger partial charge in [-0.1, -0.05) is 13.8 Å². The Morgan fingerprint density at radius 3 is 2.84 bits per heavy atom. The van der Waals surface area contributed by atoms with E-state index in [4.69, 9.17) is 9.97 Å². The summed E-state index contributed by atoms with van der Waals surface area (Å²) in [4.78, 5) is 9.75. The fraction of sp³-hybridized carbons (Fsp3) is 0.609. The lowest BCUT2D eigenvalue weighted by atomic mass is 9.95. The molecule has 0 aromatic carbocycles. The van der Waals surface area contributed by atoms with Crippen molar-refractivity contribution in [2.24, 2.45) is 5.92 Å². The van der Waals surface area contributed by atoms with Gasteiger partial charge >= 0.3 is 0 Å². The molecule has 5 rings (SSSR count). The van der Waals surface area contributed by atoms with Crippen LogP contribution in [0.25, 0.3) is 5.65 Å². The van der Waals surface area contributed by atoms with Gasteiger partial charge < -0.3 is 21.1 Å². The normalized spacial score (nSPS) is 22.4. The highest BCUT2D eigenvalue weighted by molar-refractivity contribution is 7.09. The molecule has 0 amide bonds. The predicted molar refractivity (Wildman–Crippen MR) is 129 cm³/mol. The van der Waals surface area contributed by atoms with Gasteiger partial charge in [-0.3, -0.25) is 0 Å². The van der Waals surface area contributed by atoms with Gasteiger partial charge in [0.15, 0.2) is 5.65 Å². The summed E-state index contributed by atoms with van der Waals surface area (Å²) in [6.07, 6.45) is 5.07. The fourth-order valence-electron chi connectivity index (χ4n) is 4.30. The number of aliphatic hydroxyl groups is 1. The van der Waals surface area contributed by atoms with Crippen LogP contribution in [0.3, 0.4) is 0 Å². The molecule has 3 atom stereocenters. The van der Waals surface area contributed by atoms with E-state index in [9.17, 15) is 5.11 Å². The number of fused-ring (bicyclic) bond motifs is 1. The van der Waals surface area contributed by atoms with E-state index < -0.39 is 0 Å². The van der Waals surface area contributed by atoms with Gasteiger partial charge in [0.1, 0.15) is 16.6 Å². The summed E-state index contributed by atoms with van der Waals surface area (Å²) in [5, 5.41) is 28.6. The van der Waals surface area contributed by atoms with Crippen molar-refractivity contribution >= 4 is 28.6 Å². The first-order chi connectivity index (χ1) is 15.5. The van der Waals surface area contributed by atoms with Crippen molar-refractivity contribution in [1.82, 2.24) is 24.9 Å². The van der Waals surface area contributed by atoms with Gasteiger partial charge in [-0.15, -0.1) is 11.3 Å². The molecule has 8 nitrogen and oxygen atoms in total. The number of aromatic nitrogens is 4. The molecule has 0 bridgehead atoms. The molecule has 0 radical (unpaired) electrons. The second-order valence-electron chi connectivity index (χ2n) is 9.47. The number of hydrogen-bond donors (Lipinski definition) is 4. The van der Waals surface area contributed by atoms with E-state index in [-0.39, 0.29) is 18.1 Å². The zero-order valence-electron chi connectivity index (χ0n) is 19.0. The van der Waals surface area contributed by atoms with E-state index in [0.717, 1.165) is 40.8 Å². The Bertz CT molecular complexity index is 1070. The summed E-state index contributed by atoms with van der Waals surface area (Å²) in [7, 11) is 0. The molecule has 1 aliphatic carbocycles. The van der Waals surface area contributed by atoms with E-state index in [2.05, 4.69) is 47.2 Å². The molecular formula is C23H33N7OS. The molecule has 0 unspecified atom stereocenters. The molecule has 3 aromatic heterocycles. The van der Waals surface area contributed by atoms with Crippen LogP contribution in [-0.4, -0.2) is 50.4 Å². The Balaban J connectivity index is 1.40. The van der Waals surface area contributed by atoms with Gasteiger partial charge in [-0.05, 0) is 38.6 Å². The SMILES string of the molecule is CC(C)c1cnn2c(N[C@H](C)c3nc(C4CC4)cs3)cc(NC[C@H]3CCNC[C@@H]3O)nc12. The molecule has 172 valence electrons. The number of aliphatic hydroxyl groups excluding tert-OH is 1. The maximum atomic E-state index is 10.3. The van der Waals surface area contributed by atoms with Crippen molar-refractivity contribution in [3.8, 4) is 0 Å². The summed E-state index contributed by atoms with van der Waals surface area (Å²) in [6.45, 7) is 8.76. The quantitative estimate of drug-likeness (QED) is 0.411. The molecule has 4 N–H and O–H groups in total. The highest BCUT2D eigenvalue weighted by atomic mass is 32.1. The van der Waals surface area contributed by atoms with Crippen molar-refractivity contribution in [2.75, 3.05) is 30.3 Å². The molecule has 2 aliphatic rings. The van der Waals surface area contributed by atoms with Crippen LogP contribution in [0, 0.1) is 5.92 Å². The van der Waals surface area contributed by atoms with Crippen molar-refractivity contribution in [1.29, 1.82) is 0 Å². The molecule has 2 fully saturated rings. The third-order valence-corrected chi connectivity index (χ3v) is 7.57. The van der Waals surface area contributed by atoms with Crippen molar-refractivity contribution in [2.45, 2.75) is 64.0 Å². The Morgan fingerprint density at radius 1 is 1.25 bits per heavy atom. The zero-order valence-corrected chi connectivity index (χ0v) is 19.8. The Kier molecular flexibility index (Phi) is 6.05. The molecule has 1 saturated heterocycles. The predicted octanol–water partition coefficient (Wildman–Crippen LogP) is 3.74. The summed E-state index contributed by atoms with van der Waals surface area (Å²) in [5.74, 6) is 2.91. The van der Waals surface area contributed by atoms with E-state index in [1.807, 2.05) is 16.8 Å². The molecule has 9 heteroatoms. The minimum Gasteiger partial charge on any atom is -0.391 e. The third-order valence-electron chi connectivity index (χ3n) is 6.53. The molecular weight excluding hydrogens is 422 g/mol. The molecule has 1 saturated carbocycles. The highest BCUT2D eigenvalue weighted by Crippen LogP contribution is 2.41. The average Bonchev–Trinajstić information content (AvgIpc) is 3.33. The number of thiazole rings is 1. The molecule has 32 heavy (non-hydrogen) atoms. The molecule has 3 aromatic rings. The van der Waals surface area contributed by atoms with Crippen molar-refractivity contribution in [3.63, 3.8) is 0 Å². The second kappa shape index (κ2) is 8.96. The highest BCUT2D eigenvalue weighted by Gasteiger charge is 2.27. The van der Waals surface area contributed by atoms with Crippen LogP contribution in [0.15, 0.2) is 17.6 Å². The van der Waals surface area contributed by atoms with Gasteiger partial charge in [-0.2, -0.15) is 9.61 Å². The first kappa shape index (κ1) is 21.6. The zero-order chi connectivity index (χ0) is 22.2. The van der Waals surface area contributed by atoms with Gasteiger partial charge in [0.05, 0.1) is 24.0 Å². The Morgan fingerprint density at radius 2 is 2.09 bits per heavy atom. The van der Waals surface area contributed by atoms with Crippen molar-refractivity contribution in [3.05, 3.63) is 33.9 Å². The van der Waals surface area contributed by atoms with Crippen LogP contribution in [0.4, 0.5) is 11.6 Å². The van der Waals surface area contributed by atoms with Crippen LogP contribution < -0.4 is 16.0 Å². The average molecular weight is 456 g/mol. The minimum absolute atomic E-state index is 0.0730. The van der Waals surface area contributed by atoms with Gasteiger partial charge in [0.25, 0.3) is 0 Å². The number of hydrogen-bond acceptors (Lipinski definition) is 8. The lowest BCUT2D eigenvalue weighted by molar-refractivity contribution is 0.0883. The van der Waals surface area contributed by atoms with E-state index >= 15 is 0 Å². The van der Waals surface area contributed by atoms with Crippen LogP contribution in [0.2, 0.25) is 0 Å². The Hall–Kier alpha value is -2.23. The number of anilines is 2. The lowest BCUT2D eigenvalue weighted by Gasteiger charge is -2.28. The number of nitrogens with zero attached hydrogens (tertiary/aromatic N) is 4.